The third kappa shape index (κ3) is 3.05. The van der Waals surface area contributed by atoms with E-state index in [0.29, 0.717) is 29.1 Å². The van der Waals surface area contributed by atoms with Crippen molar-refractivity contribution in [1.82, 2.24) is 0 Å². The summed E-state index contributed by atoms with van der Waals surface area (Å²) in [6.45, 7) is 4.63. The van der Waals surface area contributed by atoms with Gasteiger partial charge in [0.2, 0.25) is 0 Å². The Morgan fingerprint density at radius 2 is 1.58 bits per heavy atom. The number of nitrogens with zero attached hydrogens (tertiary/aromatic N) is 2. The van der Waals surface area contributed by atoms with Crippen LogP contribution in [0.25, 0.3) is 5.57 Å². The largest absolute Gasteiger partial charge is 0.336 e. The second-order valence-electron chi connectivity index (χ2n) is 7.98. The van der Waals surface area contributed by atoms with E-state index < -0.39 is 5.82 Å². The summed E-state index contributed by atoms with van der Waals surface area (Å²) in [6.07, 6.45) is 0.803. The Morgan fingerprint density at radius 3 is 2.32 bits per heavy atom. The molecule has 2 aliphatic heterocycles. The first-order valence-corrected chi connectivity index (χ1v) is 10.3. The molecule has 0 unspecified atom stereocenters. The number of rotatable bonds is 3. The zero-order valence-corrected chi connectivity index (χ0v) is 17.4. The fraction of sp³-hybridized carbons (Fsp3) is 0.154. The predicted octanol–water partition coefficient (Wildman–Crippen LogP) is 4.79. The number of carbonyl (C=O) groups excluding carboxylic acids is 2. The van der Waals surface area contributed by atoms with Gasteiger partial charge in [-0.2, -0.15) is 0 Å². The van der Waals surface area contributed by atoms with E-state index in [1.54, 1.807) is 0 Å². The third-order valence-corrected chi connectivity index (χ3v) is 6.10. The average Bonchev–Trinajstić information content (AvgIpc) is 3.29. The number of fused-ring (bicyclic) bond motifs is 1. The fourth-order valence-electron chi connectivity index (χ4n) is 4.32. The van der Waals surface area contributed by atoms with Crippen LogP contribution in [0, 0.1) is 19.7 Å². The number of carbonyl (C=O) groups is 2. The number of anilines is 2. The number of aryl methyl sites for hydroxylation is 2. The molecule has 31 heavy (non-hydrogen) atoms. The fourth-order valence-corrected chi connectivity index (χ4v) is 4.32. The van der Waals surface area contributed by atoms with Crippen molar-refractivity contribution in [2.75, 3.05) is 16.3 Å². The molecule has 0 fully saturated rings. The maximum Gasteiger partial charge on any atom is 0.282 e. The molecule has 0 bridgehead atoms. The first-order chi connectivity index (χ1) is 15.0. The van der Waals surface area contributed by atoms with E-state index in [0.717, 1.165) is 33.7 Å². The molecule has 0 spiro atoms. The minimum absolute atomic E-state index is 0.361. The van der Waals surface area contributed by atoms with Crippen LogP contribution in [0.2, 0.25) is 0 Å². The summed E-state index contributed by atoms with van der Waals surface area (Å²) in [5, 5.41) is 0. The lowest BCUT2D eigenvalue weighted by Crippen LogP contribution is -2.34. The van der Waals surface area contributed by atoms with E-state index in [9.17, 15) is 14.0 Å². The van der Waals surface area contributed by atoms with Gasteiger partial charge < -0.3 is 4.90 Å². The normalized spacial score (nSPS) is 15.8. The summed E-state index contributed by atoms with van der Waals surface area (Å²) in [4.78, 5) is 30.4. The van der Waals surface area contributed by atoms with Crippen LogP contribution in [-0.2, 0) is 16.0 Å². The van der Waals surface area contributed by atoms with Crippen molar-refractivity contribution < 1.29 is 14.0 Å². The van der Waals surface area contributed by atoms with Crippen molar-refractivity contribution in [2.24, 2.45) is 0 Å². The summed E-state index contributed by atoms with van der Waals surface area (Å²) >= 11 is 0. The molecule has 0 radical (unpaired) electrons. The van der Waals surface area contributed by atoms with Crippen molar-refractivity contribution in [3.8, 4) is 0 Å². The lowest BCUT2D eigenvalue weighted by molar-refractivity contribution is -0.120. The van der Waals surface area contributed by atoms with Crippen LogP contribution in [-0.4, -0.2) is 18.4 Å². The molecule has 0 aromatic heterocycles. The Morgan fingerprint density at radius 1 is 0.839 bits per heavy atom. The van der Waals surface area contributed by atoms with Crippen molar-refractivity contribution in [2.45, 2.75) is 20.3 Å². The number of para-hydroxylation sites is 1. The quantitative estimate of drug-likeness (QED) is 0.581. The number of hydrogen-bond donors (Lipinski definition) is 0. The van der Waals surface area contributed by atoms with Crippen LogP contribution in [0.5, 0.6) is 0 Å². The van der Waals surface area contributed by atoms with Gasteiger partial charge in [-0.15, -0.1) is 0 Å². The van der Waals surface area contributed by atoms with Gasteiger partial charge in [0.1, 0.15) is 11.5 Å². The van der Waals surface area contributed by atoms with Crippen LogP contribution < -0.4 is 9.80 Å². The van der Waals surface area contributed by atoms with E-state index in [1.165, 1.54) is 24.3 Å². The molecular formula is C26H21FN2O2. The molecule has 4 nitrogen and oxygen atoms in total. The highest BCUT2D eigenvalue weighted by molar-refractivity contribution is 6.46. The van der Waals surface area contributed by atoms with Crippen molar-refractivity contribution in [3.05, 3.63) is 100 Å². The van der Waals surface area contributed by atoms with Crippen molar-refractivity contribution >= 4 is 28.8 Å². The minimum Gasteiger partial charge on any atom is -0.336 e. The van der Waals surface area contributed by atoms with Gasteiger partial charge in [0.25, 0.3) is 11.8 Å². The van der Waals surface area contributed by atoms with Gasteiger partial charge in [-0.3, -0.25) is 9.59 Å². The minimum atomic E-state index is -0.418. The van der Waals surface area contributed by atoms with Crippen LogP contribution in [0.3, 0.4) is 0 Å². The van der Waals surface area contributed by atoms with Gasteiger partial charge in [-0.05, 0) is 72.9 Å². The van der Waals surface area contributed by atoms with Gasteiger partial charge >= 0.3 is 0 Å². The summed E-state index contributed by atoms with van der Waals surface area (Å²) in [6, 6.07) is 19.2. The molecular weight excluding hydrogens is 391 g/mol. The van der Waals surface area contributed by atoms with E-state index in [1.807, 2.05) is 61.2 Å². The number of amides is 2. The summed E-state index contributed by atoms with van der Waals surface area (Å²) in [5.41, 5.74) is 6.09. The first-order valence-electron chi connectivity index (χ1n) is 10.3. The van der Waals surface area contributed by atoms with Crippen molar-refractivity contribution in [1.29, 1.82) is 0 Å². The SMILES string of the molecule is Cc1ccc(C2=C(N3CCc4ccccc43)C(=O)N(c3ccc(F)cc3)C2=O)cc1C. The van der Waals surface area contributed by atoms with Gasteiger partial charge in [0, 0.05) is 12.2 Å². The van der Waals surface area contributed by atoms with E-state index >= 15 is 0 Å². The highest BCUT2D eigenvalue weighted by atomic mass is 19.1. The summed E-state index contributed by atoms with van der Waals surface area (Å²) < 4.78 is 13.5. The Labute approximate surface area is 180 Å². The standard InChI is InChI=1S/C26H21FN2O2/c1-16-7-8-19(15-17(16)2)23-24(28-14-13-18-5-3-4-6-22(18)28)26(31)29(25(23)30)21-11-9-20(27)10-12-21/h3-12,15H,13-14H2,1-2H3. The highest BCUT2D eigenvalue weighted by Crippen LogP contribution is 2.40. The average molecular weight is 412 g/mol. The zero-order chi connectivity index (χ0) is 21.7. The maximum atomic E-state index is 13.6. The molecule has 2 amide bonds. The second kappa shape index (κ2) is 7.20. The Hall–Kier alpha value is -3.73. The lowest BCUT2D eigenvalue weighted by atomic mass is 9.99. The molecule has 0 aliphatic carbocycles. The van der Waals surface area contributed by atoms with E-state index in [4.69, 9.17) is 0 Å². The highest BCUT2D eigenvalue weighted by Gasteiger charge is 2.44. The molecule has 154 valence electrons. The number of benzene rings is 3. The Bertz CT molecular complexity index is 1260. The molecule has 5 rings (SSSR count). The number of halogens is 1. The smallest absolute Gasteiger partial charge is 0.282 e. The summed E-state index contributed by atoms with van der Waals surface area (Å²) in [5.74, 6) is -1.19. The second-order valence-corrected chi connectivity index (χ2v) is 7.98. The van der Waals surface area contributed by atoms with E-state index in [-0.39, 0.29) is 11.8 Å². The van der Waals surface area contributed by atoms with Crippen LogP contribution in [0.4, 0.5) is 15.8 Å². The molecule has 2 aliphatic rings. The monoisotopic (exact) mass is 412 g/mol. The maximum absolute atomic E-state index is 13.6. The van der Waals surface area contributed by atoms with E-state index in [2.05, 4.69) is 0 Å². The van der Waals surface area contributed by atoms with Crippen molar-refractivity contribution in [3.63, 3.8) is 0 Å². The molecule has 0 saturated carbocycles. The molecule has 5 heteroatoms. The lowest BCUT2D eigenvalue weighted by Gasteiger charge is -2.22. The van der Waals surface area contributed by atoms with Gasteiger partial charge in [0.15, 0.2) is 0 Å². The number of imide groups is 1. The number of hydrogen-bond acceptors (Lipinski definition) is 3. The molecule has 3 aromatic rings. The first kappa shape index (κ1) is 19.2. The van der Waals surface area contributed by atoms with Crippen LogP contribution in [0.15, 0.2) is 72.4 Å². The Kier molecular flexibility index (Phi) is 4.47. The van der Waals surface area contributed by atoms with Crippen LogP contribution >= 0.6 is 0 Å². The van der Waals surface area contributed by atoms with Crippen LogP contribution in [0.1, 0.15) is 22.3 Å². The van der Waals surface area contributed by atoms with Gasteiger partial charge in [-0.1, -0.05) is 36.4 Å². The molecule has 2 heterocycles. The molecule has 3 aromatic carbocycles. The molecule has 0 atom stereocenters. The molecule has 0 N–H and O–H groups in total. The van der Waals surface area contributed by atoms with Gasteiger partial charge in [-0.25, -0.2) is 9.29 Å². The predicted molar refractivity (Wildman–Crippen MR) is 119 cm³/mol. The molecule has 0 saturated heterocycles. The van der Waals surface area contributed by atoms with Gasteiger partial charge in [0.05, 0.1) is 11.3 Å². The zero-order valence-electron chi connectivity index (χ0n) is 17.4. The topological polar surface area (TPSA) is 40.6 Å². The summed E-state index contributed by atoms with van der Waals surface area (Å²) in [7, 11) is 0. The third-order valence-electron chi connectivity index (χ3n) is 6.10. The Balaban J connectivity index is 1.70.